The number of carbonyl (C=O) groups is 1. The highest BCUT2D eigenvalue weighted by molar-refractivity contribution is 8.18. The quantitative estimate of drug-likeness (QED) is 0.337. The van der Waals surface area contributed by atoms with Crippen molar-refractivity contribution in [1.29, 1.82) is 5.26 Å². The summed E-state index contributed by atoms with van der Waals surface area (Å²) in [5.41, 5.74) is 1.75. The lowest BCUT2D eigenvalue weighted by Gasteiger charge is -2.34. The first-order valence-electron chi connectivity index (χ1n) is 10.8. The van der Waals surface area contributed by atoms with Gasteiger partial charge in [-0.1, -0.05) is 12.1 Å². The fourth-order valence-electron chi connectivity index (χ4n) is 3.60. The molecule has 0 atom stereocenters. The first-order chi connectivity index (χ1) is 16.5. The number of ether oxygens (including phenoxy) is 1. The van der Waals surface area contributed by atoms with Crippen molar-refractivity contribution in [2.45, 2.75) is 13.0 Å². The molecule has 34 heavy (non-hydrogen) atoms. The molecule has 0 radical (unpaired) electrons. The fraction of sp³-hybridized carbons (Fsp3) is 0.292. The van der Waals surface area contributed by atoms with Crippen molar-refractivity contribution >= 4 is 34.6 Å². The van der Waals surface area contributed by atoms with Crippen LogP contribution >= 0.6 is 11.8 Å². The Hall–Kier alpha value is -3.68. The van der Waals surface area contributed by atoms with E-state index >= 15 is 0 Å². The van der Waals surface area contributed by atoms with Crippen LogP contribution < -0.4 is 4.74 Å². The number of aliphatic imine (C=N–C) groups is 1. The molecule has 0 bridgehead atoms. The number of nitro groups is 1. The number of nitrogens with zero attached hydrogens (tertiary/aromatic N) is 5. The lowest BCUT2D eigenvalue weighted by molar-refractivity contribution is -0.384. The number of carbonyl (C=O) groups excluding carboxylic acids is 1. The largest absolute Gasteiger partial charge is 0.489 e. The fourth-order valence-corrected chi connectivity index (χ4v) is 4.56. The molecular formula is C24H23N5O4S. The average Bonchev–Trinajstić information content (AvgIpc) is 3.22. The third-order valence-electron chi connectivity index (χ3n) is 5.52. The van der Waals surface area contributed by atoms with E-state index in [-0.39, 0.29) is 11.6 Å². The molecule has 2 aliphatic rings. The van der Waals surface area contributed by atoms with E-state index in [0.29, 0.717) is 23.7 Å². The number of amides is 1. The van der Waals surface area contributed by atoms with Crippen LogP contribution in [0.15, 0.2) is 58.4 Å². The lowest BCUT2D eigenvalue weighted by atomic mass is 10.2. The monoisotopic (exact) mass is 477 g/mol. The number of benzene rings is 2. The Bertz CT molecular complexity index is 1150. The van der Waals surface area contributed by atoms with Gasteiger partial charge in [0.25, 0.3) is 11.6 Å². The Balaban J connectivity index is 1.29. The topological polar surface area (TPSA) is 112 Å². The van der Waals surface area contributed by atoms with Crippen molar-refractivity contribution in [1.82, 2.24) is 9.80 Å². The number of non-ortho nitro benzene ring substituents is 1. The van der Waals surface area contributed by atoms with Gasteiger partial charge in [-0.3, -0.25) is 19.8 Å². The van der Waals surface area contributed by atoms with Crippen molar-refractivity contribution in [3.8, 4) is 11.8 Å². The number of hydrogen-bond acceptors (Lipinski definition) is 8. The maximum absolute atomic E-state index is 12.4. The molecule has 10 heteroatoms. The Morgan fingerprint density at radius 3 is 2.47 bits per heavy atom. The molecule has 1 fully saturated rings. The molecule has 0 saturated carbocycles. The van der Waals surface area contributed by atoms with Crippen LogP contribution in [0.25, 0.3) is 6.08 Å². The summed E-state index contributed by atoms with van der Waals surface area (Å²) in [6.45, 7) is 4.37. The molecule has 9 nitrogen and oxygen atoms in total. The predicted molar refractivity (Wildman–Crippen MR) is 130 cm³/mol. The van der Waals surface area contributed by atoms with Crippen LogP contribution in [0.5, 0.6) is 5.75 Å². The average molecular weight is 478 g/mol. The van der Waals surface area contributed by atoms with Crippen LogP contribution in [0, 0.1) is 21.4 Å². The van der Waals surface area contributed by atoms with E-state index in [2.05, 4.69) is 20.9 Å². The predicted octanol–water partition coefficient (Wildman–Crippen LogP) is 3.68. The van der Waals surface area contributed by atoms with Crippen molar-refractivity contribution in [3.63, 3.8) is 0 Å². The first kappa shape index (κ1) is 23.5. The van der Waals surface area contributed by atoms with E-state index in [1.807, 2.05) is 30.3 Å². The number of thioether (sulfide) groups is 1. The minimum absolute atomic E-state index is 0.0467. The zero-order valence-electron chi connectivity index (χ0n) is 18.4. The van der Waals surface area contributed by atoms with Gasteiger partial charge in [0.05, 0.1) is 15.9 Å². The molecular weight excluding hydrogens is 454 g/mol. The van der Waals surface area contributed by atoms with Gasteiger partial charge in [0.1, 0.15) is 12.4 Å². The molecule has 1 amide bonds. The molecule has 174 valence electrons. The third kappa shape index (κ3) is 6.01. The van der Waals surface area contributed by atoms with Crippen LogP contribution in [-0.2, 0) is 11.4 Å². The summed E-state index contributed by atoms with van der Waals surface area (Å²) >= 11 is 1.39. The van der Waals surface area contributed by atoms with Crippen LogP contribution in [0.3, 0.4) is 0 Å². The van der Waals surface area contributed by atoms with E-state index in [4.69, 9.17) is 10.00 Å². The zero-order valence-corrected chi connectivity index (χ0v) is 19.2. The summed E-state index contributed by atoms with van der Waals surface area (Å²) < 4.78 is 5.75. The molecule has 0 spiro atoms. The summed E-state index contributed by atoms with van der Waals surface area (Å²) in [7, 11) is 0. The Morgan fingerprint density at radius 1 is 1.12 bits per heavy atom. The number of rotatable bonds is 7. The maximum atomic E-state index is 12.4. The highest BCUT2D eigenvalue weighted by Gasteiger charge is 2.28. The van der Waals surface area contributed by atoms with Gasteiger partial charge in [0.2, 0.25) is 0 Å². The van der Waals surface area contributed by atoms with Gasteiger partial charge in [0, 0.05) is 51.3 Å². The van der Waals surface area contributed by atoms with Gasteiger partial charge >= 0.3 is 0 Å². The lowest BCUT2D eigenvalue weighted by Crippen LogP contribution is -2.47. The maximum Gasteiger partial charge on any atom is 0.286 e. The summed E-state index contributed by atoms with van der Waals surface area (Å²) in [6.07, 6.45) is 2.36. The first-order valence-corrected chi connectivity index (χ1v) is 11.7. The van der Waals surface area contributed by atoms with E-state index < -0.39 is 4.92 Å². The minimum Gasteiger partial charge on any atom is -0.489 e. The van der Waals surface area contributed by atoms with Gasteiger partial charge in [0.15, 0.2) is 5.17 Å². The van der Waals surface area contributed by atoms with Crippen molar-refractivity contribution in [3.05, 3.63) is 74.7 Å². The van der Waals surface area contributed by atoms with Crippen LogP contribution in [0.1, 0.15) is 17.5 Å². The standard InChI is InChI=1S/C24H23N5O4S/c25-10-1-11-27-12-14-28(15-13-27)24-26-23(30)22(34-24)16-18-4-8-21(9-5-18)33-17-19-2-6-20(7-3-19)29(31)32/h2-9,16H,1,11-15,17H2/b22-16+. The summed E-state index contributed by atoms with van der Waals surface area (Å²) in [5.74, 6) is 0.433. The van der Waals surface area contributed by atoms with Crippen molar-refractivity contribution < 1.29 is 14.5 Å². The number of nitro benzene ring substituents is 1. The highest BCUT2D eigenvalue weighted by atomic mass is 32.2. The zero-order chi connectivity index (χ0) is 23.9. The van der Waals surface area contributed by atoms with Crippen LogP contribution in [0.2, 0.25) is 0 Å². The molecule has 0 aromatic heterocycles. The van der Waals surface area contributed by atoms with Gasteiger partial charge in [-0.25, -0.2) is 0 Å². The Labute approximate surface area is 201 Å². The normalized spacial score (nSPS) is 17.5. The Morgan fingerprint density at radius 2 is 1.82 bits per heavy atom. The molecule has 4 rings (SSSR count). The third-order valence-corrected chi connectivity index (χ3v) is 6.57. The van der Waals surface area contributed by atoms with Crippen LogP contribution in [0.4, 0.5) is 5.69 Å². The molecule has 2 aliphatic heterocycles. The summed E-state index contributed by atoms with van der Waals surface area (Å²) in [5, 5.41) is 20.2. The van der Waals surface area contributed by atoms with Crippen LogP contribution in [-0.4, -0.2) is 58.5 Å². The van der Waals surface area contributed by atoms with E-state index in [1.54, 1.807) is 12.1 Å². The molecule has 1 saturated heterocycles. The molecule has 2 heterocycles. The second kappa shape index (κ2) is 11.0. The van der Waals surface area contributed by atoms with Gasteiger partial charge in [-0.05, 0) is 53.2 Å². The minimum atomic E-state index is -0.432. The second-order valence-corrected chi connectivity index (χ2v) is 8.84. The van der Waals surface area contributed by atoms with Gasteiger partial charge in [-0.15, -0.1) is 0 Å². The van der Waals surface area contributed by atoms with Gasteiger partial charge < -0.3 is 9.64 Å². The Kier molecular flexibility index (Phi) is 7.57. The summed E-state index contributed by atoms with van der Waals surface area (Å²) in [4.78, 5) is 31.9. The SMILES string of the molecule is N#CCCN1CCN(C2=NC(=O)/C(=C\c3ccc(OCc4ccc([N+](=O)[O-])cc4)cc3)S2)CC1. The number of piperazine rings is 1. The summed E-state index contributed by atoms with van der Waals surface area (Å²) in [6, 6.07) is 15.8. The van der Waals surface area contributed by atoms with Crippen molar-refractivity contribution in [2.75, 3.05) is 32.7 Å². The number of nitriles is 1. The van der Waals surface area contributed by atoms with E-state index in [9.17, 15) is 14.9 Å². The second-order valence-electron chi connectivity index (χ2n) is 7.83. The van der Waals surface area contributed by atoms with Gasteiger partial charge in [-0.2, -0.15) is 10.3 Å². The van der Waals surface area contributed by atoms with E-state index in [0.717, 1.165) is 49.0 Å². The molecule has 2 aromatic rings. The van der Waals surface area contributed by atoms with E-state index in [1.165, 1.54) is 23.9 Å². The molecule has 2 aromatic carbocycles. The smallest absolute Gasteiger partial charge is 0.286 e. The highest BCUT2D eigenvalue weighted by Crippen LogP contribution is 2.31. The number of amidine groups is 1. The molecule has 0 aliphatic carbocycles. The number of hydrogen-bond donors (Lipinski definition) is 0. The molecule has 0 N–H and O–H groups in total. The van der Waals surface area contributed by atoms with Crippen molar-refractivity contribution in [2.24, 2.45) is 4.99 Å². The molecule has 0 unspecified atom stereocenters.